The minimum absolute atomic E-state index is 0.217. The lowest BCUT2D eigenvalue weighted by Gasteiger charge is -2.08. The Morgan fingerprint density at radius 2 is 1.64 bits per heavy atom. The molecule has 25 heavy (non-hydrogen) atoms. The molecule has 8 nitrogen and oxygen atoms in total. The molecule has 3 aromatic heterocycles. The fourth-order valence-electron chi connectivity index (χ4n) is 2.87. The van der Waals surface area contributed by atoms with Gasteiger partial charge in [0.15, 0.2) is 0 Å². The summed E-state index contributed by atoms with van der Waals surface area (Å²) < 4.78 is 3.58. The second kappa shape index (κ2) is 6.12. The van der Waals surface area contributed by atoms with Gasteiger partial charge in [-0.1, -0.05) is 0 Å². The summed E-state index contributed by atoms with van der Waals surface area (Å²) in [4.78, 5) is 25.6. The maximum Gasteiger partial charge on any atom is 0.259 e. The van der Waals surface area contributed by atoms with Gasteiger partial charge in [-0.25, -0.2) is 15.0 Å². The van der Waals surface area contributed by atoms with E-state index in [2.05, 4.69) is 25.4 Å². The Morgan fingerprint density at radius 3 is 2.12 bits per heavy atom. The zero-order chi connectivity index (χ0) is 18.3. The average Bonchev–Trinajstić information content (AvgIpc) is 2.95. The van der Waals surface area contributed by atoms with Crippen LogP contribution < -0.4 is 5.32 Å². The SMILES string of the molecule is Cc1nn(C)c(C)c1C(=O)Nc1cnc(-n2c(C)nc(C)c2C)nc1. The van der Waals surface area contributed by atoms with E-state index in [0.717, 1.165) is 22.9 Å². The van der Waals surface area contributed by atoms with Gasteiger partial charge in [-0.15, -0.1) is 0 Å². The quantitative estimate of drug-likeness (QED) is 0.790. The molecule has 0 radical (unpaired) electrons. The molecular weight excluding hydrogens is 318 g/mol. The van der Waals surface area contributed by atoms with Crippen molar-refractivity contribution in [3.05, 3.63) is 46.6 Å². The Morgan fingerprint density at radius 1 is 1.00 bits per heavy atom. The van der Waals surface area contributed by atoms with E-state index in [0.29, 0.717) is 22.9 Å². The van der Waals surface area contributed by atoms with Crippen LogP contribution in [0.1, 0.15) is 39.0 Å². The molecule has 0 aliphatic heterocycles. The lowest BCUT2D eigenvalue weighted by atomic mass is 10.2. The highest BCUT2D eigenvalue weighted by atomic mass is 16.1. The highest BCUT2D eigenvalue weighted by molar-refractivity contribution is 6.05. The summed E-state index contributed by atoms with van der Waals surface area (Å²) >= 11 is 0. The Hall–Kier alpha value is -3.03. The van der Waals surface area contributed by atoms with Crippen LogP contribution in [0.2, 0.25) is 0 Å². The van der Waals surface area contributed by atoms with Gasteiger partial charge in [-0.3, -0.25) is 14.0 Å². The van der Waals surface area contributed by atoms with Crippen LogP contribution in [0.4, 0.5) is 5.69 Å². The lowest BCUT2D eigenvalue weighted by molar-refractivity contribution is 0.102. The fourth-order valence-corrected chi connectivity index (χ4v) is 2.87. The first-order valence-electron chi connectivity index (χ1n) is 7.96. The Kier molecular flexibility index (Phi) is 4.12. The predicted octanol–water partition coefficient (Wildman–Crippen LogP) is 2.19. The lowest BCUT2D eigenvalue weighted by Crippen LogP contribution is -2.15. The van der Waals surface area contributed by atoms with Crippen LogP contribution in [0.25, 0.3) is 5.95 Å². The second-order valence-corrected chi connectivity index (χ2v) is 6.06. The standard InChI is InChI=1S/C17H21N7O/c1-9-11(3)24(13(5)20-9)17-18-7-14(8-19-17)21-16(25)15-10(2)22-23(6)12(15)4/h7-8H,1-6H3,(H,21,25). The maximum atomic E-state index is 12.5. The number of carbonyl (C=O) groups is 1. The smallest absolute Gasteiger partial charge is 0.259 e. The number of carbonyl (C=O) groups excluding carboxylic acids is 1. The molecular formula is C17H21N7O. The third-order valence-electron chi connectivity index (χ3n) is 4.34. The van der Waals surface area contributed by atoms with Crippen molar-refractivity contribution in [2.24, 2.45) is 7.05 Å². The molecule has 0 aliphatic carbocycles. The molecule has 0 saturated heterocycles. The first kappa shape index (κ1) is 16.8. The number of imidazole rings is 1. The van der Waals surface area contributed by atoms with Gasteiger partial charge in [0.1, 0.15) is 5.82 Å². The summed E-state index contributed by atoms with van der Waals surface area (Å²) in [5, 5.41) is 7.09. The van der Waals surface area contributed by atoms with Crippen molar-refractivity contribution >= 4 is 11.6 Å². The van der Waals surface area contributed by atoms with Crippen LogP contribution >= 0.6 is 0 Å². The van der Waals surface area contributed by atoms with Crippen molar-refractivity contribution in [1.82, 2.24) is 29.3 Å². The Balaban J connectivity index is 1.85. The molecule has 0 unspecified atom stereocenters. The molecule has 1 N–H and O–H groups in total. The molecule has 130 valence electrons. The predicted molar refractivity (Wildman–Crippen MR) is 94.0 cm³/mol. The van der Waals surface area contributed by atoms with Crippen LogP contribution in [-0.4, -0.2) is 35.2 Å². The van der Waals surface area contributed by atoms with Crippen molar-refractivity contribution in [3.8, 4) is 5.95 Å². The molecule has 3 rings (SSSR count). The van der Waals surface area contributed by atoms with Crippen LogP contribution in [0.15, 0.2) is 12.4 Å². The first-order chi connectivity index (χ1) is 11.8. The highest BCUT2D eigenvalue weighted by Crippen LogP contribution is 2.17. The number of amides is 1. The second-order valence-electron chi connectivity index (χ2n) is 6.06. The minimum Gasteiger partial charge on any atom is -0.319 e. The largest absolute Gasteiger partial charge is 0.319 e. The van der Waals surface area contributed by atoms with Crippen LogP contribution in [0.5, 0.6) is 0 Å². The van der Waals surface area contributed by atoms with Crippen molar-refractivity contribution in [2.75, 3.05) is 5.32 Å². The highest BCUT2D eigenvalue weighted by Gasteiger charge is 2.18. The summed E-state index contributed by atoms with van der Waals surface area (Å²) in [5.41, 5.74) is 4.55. The van der Waals surface area contributed by atoms with E-state index in [1.807, 2.05) is 46.2 Å². The van der Waals surface area contributed by atoms with E-state index >= 15 is 0 Å². The molecule has 0 aliphatic rings. The molecule has 8 heteroatoms. The summed E-state index contributed by atoms with van der Waals surface area (Å²) in [6.07, 6.45) is 3.19. The van der Waals surface area contributed by atoms with Crippen LogP contribution in [-0.2, 0) is 7.05 Å². The molecule has 0 spiro atoms. The van der Waals surface area contributed by atoms with Gasteiger partial charge in [0, 0.05) is 18.4 Å². The van der Waals surface area contributed by atoms with Gasteiger partial charge in [-0.05, 0) is 34.6 Å². The number of anilines is 1. The first-order valence-corrected chi connectivity index (χ1v) is 7.96. The van der Waals surface area contributed by atoms with E-state index in [1.54, 1.807) is 17.1 Å². The molecule has 3 heterocycles. The molecule has 3 aromatic rings. The van der Waals surface area contributed by atoms with Crippen LogP contribution in [0.3, 0.4) is 0 Å². The van der Waals surface area contributed by atoms with Crippen LogP contribution in [0, 0.1) is 34.6 Å². The zero-order valence-corrected chi connectivity index (χ0v) is 15.2. The van der Waals surface area contributed by atoms with Gasteiger partial charge >= 0.3 is 0 Å². The summed E-state index contributed by atoms with van der Waals surface area (Å²) in [6, 6.07) is 0. The Labute approximate surface area is 145 Å². The summed E-state index contributed by atoms with van der Waals surface area (Å²) in [5.74, 6) is 1.14. The number of rotatable bonds is 3. The number of hydrogen-bond donors (Lipinski definition) is 1. The van der Waals surface area contributed by atoms with E-state index < -0.39 is 0 Å². The van der Waals surface area contributed by atoms with E-state index in [1.165, 1.54) is 0 Å². The summed E-state index contributed by atoms with van der Waals surface area (Å²) in [6.45, 7) is 9.51. The van der Waals surface area contributed by atoms with Crippen molar-refractivity contribution in [1.29, 1.82) is 0 Å². The van der Waals surface area contributed by atoms with E-state index in [9.17, 15) is 4.79 Å². The number of nitrogens with zero attached hydrogens (tertiary/aromatic N) is 6. The number of nitrogens with one attached hydrogen (secondary N) is 1. The number of aromatic nitrogens is 6. The molecule has 0 bridgehead atoms. The molecule has 0 saturated carbocycles. The van der Waals surface area contributed by atoms with Gasteiger partial charge in [0.25, 0.3) is 5.91 Å². The topological polar surface area (TPSA) is 90.5 Å². The van der Waals surface area contributed by atoms with Gasteiger partial charge in [0.05, 0.1) is 35.0 Å². The minimum atomic E-state index is -0.217. The van der Waals surface area contributed by atoms with Gasteiger partial charge < -0.3 is 5.32 Å². The third kappa shape index (κ3) is 2.90. The van der Waals surface area contributed by atoms with Gasteiger partial charge in [-0.2, -0.15) is 5.10 Å². The zero-order valence-electron chi connectivity index (χ0n) is 15.2. The Bertz CT molecular complexity index is 951. The fraction of sp³-hybridized carbons (Fsp3) is 0.353. The number of hydrogen-bond acceptors (Lipinski definition) is 5. The third-order valence-corrected chi connectivity index (χ3v) is 4.34. The molecule has 0 fully saturated rings. The normalized spacial score (nSPS) is 11.0. The number of aryl methyl sites for hydroxylation is 4. The van der Waals surface area contributed by atoms with Crippen molar-refractivity contribution in [3.63, 3.8) is 0 Å². The maximum absolute atomic E-state index is 12.5. The van der Waals surface area contributed by atoms with Crippen molar-refractivity contribution < 1.29 is 4.79 Å². The van der Waals surface area contributed by atoms with Gasteiger partial charge in [0.2, 0.25) is 5.95 Å². The van der Waals surface area contributed by atoms with E-state index in [-0.39, 0.29) is 5.91 Å². The molecule has 1 amide bonds. The summed E-state index contributed by atoms with van der Waals surface area (Å²) in [7, 11) is 1.81. The monoisotopic (exact) mass is 339 g/mol. The molecule has 0 aromatic carbocycles. The molecule has 0 atom stereocenters. The van der Waals surface area contributed by atoms with Crippen molar-refractivity contribution in [2.45, 2.75) is 34.6 Å². The average molecular weight is 339 g/mol. The van der Waals surface area contributed by atoms with E-state index in [4.69, 9.17) is 0 Å².